The highest BCUT2D eigenvalue weighted by Gasteiger charge is 2.37. The molecule has 2 saturated carbocycles. The predicted molar refractivity (Wildman–Crippen MR) is 83.3 cm³/mol. The summed E-state index contributed by atoms with van der Waals surface area (Å²) in [7, 11) is 1.72. The molecule has 1 aromatic carbocycles. The molecule has 1 N–H and O–H groups in total. The highest BCUT2D eigenvalue weighted by Crippen LogP contribution is 2.44. The van der Waals surface area contributed by atoms with Gasteiger partial charge in [-0.25, -0.2) is 0 Å². The first kappa shape index (κ1) is 13.9. The van der Waals surface area contributed by atoms with Gasteiger partial charge in [-0.15, -0.1) is 0 Å². The van der Waals surface area contributed by atoms with Gasteiger partial charge >= 0.3 is 0 Å². The largest absolute Gasteiger partial charge is 0.497 e. The van der Waals surface area contributed by atoms with Crippen molar-refractivity contribution in [3.8, 4) is 5.75 Å². The van der Waals surface area contributed by atoms with Crippen LogP contribution in [0, 0.1) is 5.41 Å². The molecule has 1 aromatic rings. The lowest BCUT2D eigenvalue weighted by atomic mass is 9.66. The number of nitrogens with one attached hydrogen (secondary N) is 1. The van der Waals surface area contributed by atoms with Gasteiger partial charge in [0.05, 0.1) is 7.11 Å². The summed E-state index contributed by atoms with van der Waals surface area (Å²) >= 11 is 0. The lowest BCUT2D eigenvalue weighted by Gasteiger charge is -2.45. The van der Waals surface area contributed by atoms with Gasteiger partial charge in [0.1, 0.15) is 5.75 Å². The minimum atomic E-state index is 0.644. The van der Waals surface area contributed by atoms with E-state index in [-0.39, 0.29) is 0 Å². The molecule has 0 unspecified atom stereocenters. The molecular formula is C18H27NO. The van der Waals surface area contributed by atoms with Gasteiger partial charge in [0.25, 0.3) is 0 Å². The molecule has 0 bridgehead atoms. The summed E-state index contributed by atoms with van der Waals surface area (Å²) in [5, 5.41) is 3.81. The average Bonchev–Trinajstić information content (AvgIpc) is 2.40. The molecule has 110 valence electrons. The molecule has 2 aliphatic rings. The molecule has 0 spiro atoms. The third-order valence-corrected chi connectivity index (χ3v) is 5.66. The number of hydrogen-bond acceptors (Lipinski definition) is 2. The summed E-state index contributed by atoms with van der Waals surface area (Å²) in [5.41, 5.74) is 2.11. The van der Waals surface area contributed by atoms with Gasteiger partial charge < -0.3 is 10.1 Å². The molecule has 0 amide bonds. The Hall–Kier alpha value is -1.02. The highest BCUT2D eigenvalue weighted by atomic mass is 16.5. The lowest BCUT2D eigenvalue weighted by molar-refractivity contribution is 0.109. The second kappa shape index (κ2) is 5.77. The van der Waals surface area contributed by atoms with Crippen LogP contribution in [0.15, 0.2) is 24.3 Å². The van der Waals surface area contributed by atoms with E-state index in [0.717, 1.165) is 17.7 Å². The van der Waals surface area contributed by atoms with Gasteiger partial charge in [0.15, 0.2) is 0 Å². The van der Waals surface area contributed by atoms with Crippen molar-refractivity contribution in [1.29, 1.82) is 0 Å². The maximum Gasteiger partial charge on any atom is 0.118 e. The van der Waals surface area contributed by atoms with Crippen molar-refractivity contribution in [1.82, 2.24) is 5.32 Å². The molecule has 2 nitrogen and oxygen atoms in total. The molecule has 0 saturated heterocycles. The van der Waals surface area contributed by atoms with E-state index in [0.29, 0.717) is 5.41 Å². The Morgan fingerprint density at radius 2 is 1.90 bits per heavy atom. The molecule has 0 aromatic heterocycles. The van der Waals surface area contributed by atoms with E-state index < -0.39 is 0 Å². The molecule has 0 atom stereocenters. The smallest absolute Gasteiger partial charge is 0.118 e. The van der Waals surface area contributed by atoms with Crippen LogP contribution in [-0.2, 0) is 0 Å². The Kier molecular flexibility index (Phi) is 4.02. The monoisotopic (exact) mass is 273 g/mol. The van der Waals surface area contributed by atoms with E-state index in [1.54, 1.807) is 7.11 Å². The zero-order valence-electron chi connectivity index (χ0n) is 12.8. The Morgan fingerprint density at radius 3 is 2.40 bits per heavy atom. The van der Waals surface area contributed by atoms with Gasteiger partial charge in [0, 0.05) is 12.6 Å². The minimum absolute atomic E-state index is 0.644. The van der Waals surface area contributed by atoms with Crippen LogP contribution in [0.4, 0.5) is 0 Å². The maximum absolute atomic E-state index is 5.22. The van der Waals surface area contributed by atoms with E-state index in [2.05, 4.69) is 36.5 Å². The van der Waals surface area contributed by atoms with Crippen molar-refractivity contribution in [2.75, 3.05) is 13.7 Å². The van der Waals surface area contributed by atoms with Crippen molar-refractivity contribution >= 4 is 0 Å². The van der Waals surface area contributed by atoms with Gasteiger partial charge in [-0.05, 0) is 61.1 Å². The fourth-order valence-electron chi connectivity index (χ4n) is 3.63. The second-order valence-electron chi connectivity index (χ2n) is 6.73. The van der Waals surface area contributed by atoms with Gasteiger partial charge in [-0.2, -0.15) is 0 Å². The molecule has 2 heteroatoms. The zero-order valence-corrected chi connectivity index (χ0v) is 12.8. The molecule has 2 aliphatic carbocycles. The van der Waals surface area contributed by atoms with E-state index in [1.807, 2.05) is 0 Å². The van der Waals surface area contributed by atoms with Gasteiger partial charge in [-0.3, -0.25) is 0 Å². The van der Waals surface area contributed by atoms with E-state index >= 15 is 0 Å². The SMILES string of the molecule is CCC1(CNC2CC(c3ccc(OC)cc3)C2)CCC1. The fraction of sp³-hybridized carbons (Fsp3) is 0.667. The normalized spacial score (nSPS) is 27.5. The van der Waals surface area contributed by atoms with E-state index in [1.165, 1.54) is 50.6 Å². The van der Waals surface area contributed by atoms with Crippen molar-refractivity contribution in [3.05, 3.63) is 29.8 Å². The van der Waals surface area contributed by atoms with Crippen LogP contribution in [0.3, 0.4) is 0 Å². The third-order valence-electron chi connectivity index (χ3n) is 5.66. The number of rotatable bonds is 6. The Bertz CT molecular complexity index is 424. The zero-order chi connectivity index (χ0) is 14.0. The summed E-state index contributed by atoms with van der Waals surface area (Å²) in [6.45, 7) is 3.59. The molecule has 2 fully saturated rings. The van der Waals surface area contributed by atoms with Gasteiger partial charge in [0.2, 0.25) is 0 Å². The molecule has 3 rings (SSSR count). The number of benzene rings is 1. The molecule has 0 aliphatic heterocycles. The first-order chi connectivity index (χ1) is 9.74. The fourth-order valence-corrected chi connectivity index (χ4v) is 3.63. The number of methoxy groups -OCH3 is 1. The van der Waals surface area contributed by atoms with Crippen LogP contribution in [0.5, 0.6) is 5.75 Å². The first-order valence-electron chi connectivity index (χ1n) is 8.12. The van der Waals surface area contributed by atoms with Crippen LogP contribution in [0.2, 0.25) is 0 Å². The topological polar surface area (TPSA) is 21.3 Å². The van der Waals surface area contributed by atoms with Crippen molar-refractivity contribution in [2.24, 2.45) is 5.41 Å². The number of hydrogen-bond donors (Lipinski definition) is 1. The molecule has 0 heterocycles. The van der Waals surface area contributed by atoms with Gasteiger partial charge in [-0.1, -0.05) is 25.5 Å². The maximum atomic E-state index is 5.22. The second-order valence-corrected chi connectivity index (χ2v) is 6.73. The van der Waals surface area contributed by atoms with Crippen molar-refractivity contribution < 1.29 is 4.74 Å². The summed E-state index contributed by atoms with van der Waals surface area (Å²) in [6, 6.07) is 9.34. The molecular weight excluding hydrogens is 246 g/mol. The molecule has 20 heavy (non-hydrogen) atoms. The number of ether oxygens (including phenoxy) is 1. The minimum Gasteiger partial charge on any atom is -0.497 e. The Balaban J connectivity index is 1.44. The Labute approximate surface area is 122 Å². The Morgan fingerprint density at radius 1 is 1.20 bits per heavy atom. The van der Waals surface area contributed by atoms with Crippen molar-refractivity contribution in [2.45, 2.75) is 57.4 Å². The lowest BCUT2D eigenvalue weighted by Crippen LogP contribution is -2.47. The summed E-state index contributed by atoms with van der Waals surface area (Å²) in [6.07, 6.45) is 8.25. The van der Waals surface area contributed by atoms with Crippen LogP contribution >= 0.6 is 0 Å². The highest BCUT2D eigenvalue weighted by molar-refractivity contribution is 5.30. The van der Waals surface area contributed by atoms with Crippen LogP contribution < -0.4 is 10.1 Å². The first-order valence-corrected chi connectivity index (χ1v) is 8.12. The summed E-state index contributed by atoms with van der Waals surface area (Å²) in [4.78, 5) is 0. The van der Waals surface area contributed by atoms with E-state index in [9.17, 15) is 0 Å². The quantitative estimate of drug-likeness (QED) is 0.842. The summed E-state index contributed by atoms with van der Waals surface area (Å²) < 4.78 is 5.22. The molecule has 0 radical (unpaired) electrons. The van der Waals surface area contributed by atoms with Crippen LogP contribution in [-0.4, -0.2) is 19.7 Å². The van der Waals surface area contributed by atoms with Crippen molar-refractivity contribution in [3.63, 3.8) is 0 Å². The van der Waals surface area contributed by atoms with E-state index in [4.69, 9.17) is 4.74 Å². The third kappa shape index (κ3) is 2.71. The van der Waals surface area contributed by atoms with Crippen LogP contribution in [0.1, 0.15) is 56.9 Å². The average molecular weight is 273 g/mol. The van der Waals surface area contributed by atoms with Crippen LogP contribution in [0.25, 0.3) is 0 Å². The summed E-state index contributed by atoms with van der Waals surface area (Å²) in [5.74, 6) is 1.70. The predicted octanol–water partition coefficient (Wildman–Crippen LogP) is 4.11. The standard InChI is InChI=1S/C18H27NO/c1-3-18(9-4-10-18)13-19-16-11-15(12-16)14-5-7-17(20-2)8-6-14/h5-8,15-16,19H,3-4,9-13H2,1-2H3.